The smallest absolute Gasteiger partial charge is 0.260 e. The van der Waals surface area contributed by atoms with Crippen molar-refractivity contribution < 1.29 is 9.21 Å². The van der Waals surface area contributed by atoms with Crippen LogP contribution < -0.4 is 5.32 Å². The van der Waals surface area contributed by atoms with E-state index in [4.69, 9.17) is 27.6 Å². The molecule has 0 aliphatic rings. The van der Waals surface area contributed by atoms with Crippen LogP contribution in [0.15, 0.2) is 34.7 Å². The van der Waals surface area contributed by atoms with Gasteiger partial charge in [0.05, 0.1) is 21.3 Å². The number of anilines is 1. The first-order valence-electron chi connectivity index (χ1n) is 7.81. The Morgan fingerprint density at radius 3 is 2.56 bits per heavy atom. The molecule has 0 atom stereocenters. The fourth-order valence-electron chi connectivity index (χ4n) is 2.61. The molecule has 0 bridgehead atoms. The van der Waals surface area contributed by atoms with E-state index in [0.29, 0.717) is 32.9 Å². The van der Waals surface area contributed by atoms with E-state index in [0.717, 1.165) is 17.8 Å². The molecule has 0 aliphatic carbocycles. The van der Waals surface area contributed by atoms with Gasteiger partial charge in [-0.3, -0.25) is 4.79 Å². The number of aryl methyl sites for hydroxylation is 3. The first-order valence-corrected chi connectivity index (χ1v) is 8.57. The van der Waals surface area contributed by atoms with E-state index in [9.17, 15) is 4.79 Å². The maximum atomic E-state index is 12.4. The van der Waals surface area contributed by atoms with Crippen molar-refractivity contribution in [1.29, 1.82) is 0 Å². The minimum absolute atomic E-state index is 0.254. The van der Waals surface area contributed by atoms with Crippen LogP contribution in [0.1, 0.15) is 34.5 Å². The first-order chi connectivity index (χ1) is 11.9. The standard InChI is InChI=1S/C18H17Cl2N3O2/c1-4-12-9-17(21-18(24)14-7-10(2)25-11(14)3)22-23(12)13-5-6-15(19)16(20)8-13/h5-9H,4H2,1-3H3,(H,21,22,24). The molecule has 0 unspecified atom stereocenters. The highest BCUT2D eigenvalue weighted by atomic mass is 35.5. The molecule has 5 nitrogen and oxygen atoms in total. The SMILES string of the molecule is CCc1cc(NC(=O)c2cc(C)oc2C)nn1-c1ccc(Cl)c(Cl)c1. The number of furan rings is 1. The van der Waals surface area contributed by atoms with E-state index >= 15 is 0 Å². The van der Waals surface area contributed by atoms with Gasteiger partial charge in [-0.1, -0.05) is 30.1 Å². The molecule has 0 spiro atoms. The molecular formula is C18H17Cl2N3O2. The predicted molar refractivity (Wildman–Crippen MR) is 99.1 cm³/mol. The molecule has 2 aromatic heterocycles. The van der Waals surface area contributed by atoms with E-state index in [1.165, 1.54) is 0 Å². The molecule has 0 aliphatic heterocycles. The highest BCUT2D eigenvalue weighted by Crippen LogP contribution is 2.26. The zero-order chi connectivity index (χ0) is 18.1. The molecule has 0 radical (unpaired) electrons. The summed E-state index contributed by atoms with van der Waals surface area (Å²) in [6.45, 7) is 5.58. The maximum Gasteiger partial charge on any atom is 0.260 e. The largest absolute Gasteiger partial charge is 0.466 e. The lowest BCUT2D eigenvalue weighted by atomic mass is 10.2. The summed E-state index contributed by atoms with van der Waals surface area (Å²) < 4.78 is 7.14. The lowest BCUT2D eigenvalue weighted by Crippen LogP contribution is -2.12. The van der Waals surface area contributed by atoms with Gasteiger partial charge in [0.1, 0.15) is 11.5 Å². The number of benzene rings is 1. The lowest BCUT2D eigenvalue weighted by Gasteiger charge is -2.06. The van der Waals surface area contributed by atoms with Crippen LogP contribution >= 0.6 is 23.2 Å². The van der Waals surface area contributed by atoms with Crippen LogP contribution in [0.4, 0.5) is 5.82 Å². The van der Waals surface area contributed by atoms with Gasteiger partial charge in [-0.05, 0) is 44.5 Å². The molecule has 3 rings (SSSR count). The summed E-state index contributed by atoms with van der Waals surface area (Å²) in [5, 5.41) is 8.22. The number of nitrogens with one attached hydrogen (secondary N) is 1. The summed E-state index contributed by atoms with van der Waals surface area (Å²) in [5.74, 6) is 1.48. The normalized spacial score (nSPS) is 10.9. The van der Waals surface area contributed by atoms with Crippen molar-refractivity contribution in [3.05, 3.63) is 63.2 Å². The Kier molecular flexibility index (Phi) is 4.88. The van der Waals surface area contributed by atoms with Gasteiger partial charge in [0.15, 0.2) is 5.82 Å². The van der Waals surface area contributed by atoms with Crippen LogP contribution in [0.5, 0.6) is 0 Å². The highest BCUT2D eigenvalue weighted by molar-refractivity contribution is 6.42. The second-order valence-electron chi connectivity index (χ2n) is 5.67. The van der Waals surface area contributed by atoms with Crippen molar-refractivity contribution in [2.45, 2.75) is 27.2 Å². The van der Waals surface area contributed by atoms with Gasteiger partial charge >= 0.3 is 0 Å². The van der Waals surface area contributed by atoms with Gasteiger partial charge in [0.2, 0.25) is 0 Å². The Hall–Kier alpha value is -2.24. The topological polar surface area (TPSA) is 60.1 Å². The number of hydrogen-bond acceptors (Lipinski definition) is 3. The average Bonchev–Trinajstić information content (AvgIpc) is 3.12. The lowest BCUT2D eigenvalue weighted by molar-refractivity contribution is 0.102. The van der Waals surface area contributed by atoms with Crippen LogP contribution in [-0.2, 0) is 6.42 Å². The predicted octanol–water partition coefficient (Wildman–Crippen LogP) is 5.20. The minimum Gasteiger partial charge on any atom is -0.466 e. The maximum absolute atomic E-state index is 12.4. The summed E-state index contributed by atoms with van der Waals surface area (Å²) in [4.78, 5) is 12.4. The molecule has 2 heterocycles. The number of carbonyl (C=O) groups is 1. The Morgan fingerprint density at radius 1 is 1.20 bits per heavy atom. The molecule has 1 N–H and O–H groups in total. The molecule has 0 saturated heterocycles. The van der Waals surface area contributed by atoms with Gasteiger partial charge in [-0.15, -0.1) is 5.10 Å². The molecule has 7 heteroatoms. The van der Waals surface area contributed by atoms with Crippen molar-refractivity contribution in [2.24, 2.45) is 0 Å². The number of halogens is 2. The minimum atomic E-state index is -0.254. The summed E-state index contributed by atoms with van der Waals surface area (Å²) in [6, 6.07) is 8.83. The number of amides is 1. The summed E-state index contributed by atoms with van der Waals surface area (Å²) in [5.41, 5.74) is 2.22. The highest BCUT2D eigenvalue weighted by Gasteiger charge is 2.16. The van der Waals surface area contributed by atoms with E-state index < -0.39 is 0 Å². The Labute approximate surface area is 155 Å². The van der Waals surface area contributed by atoms with Gasteiger partial charge in [0.25, 0.3) is 5.91 Å². The van der Waals surface area contributed by atoms with Gasteiger partial charge in [-0.2, -0.15) is 0 Å². The molecule has 3 aromatic rings. The fourth-order valence-corrected chi connectivity index (χ4v) is 2.91. The molecule has 1 aromatic carbocycles. The monoisotopic (exact) mass is 377 g/mol. The van der Waals surface area contributed by atoms with Crippen molar-refractivity contribution in [1.82, 2.24) is 9.78 Å². The van der Waals surface area contributed by atoms with Gasteiger partial charge < -0.3 is 9.73 Å². The summed E-state index contributed by atoms with van der Waals surface area (Å²) >= 11 is 12.1. The number of aromatic nitrogens is 2. The zero-order valence-electron chi connectivity index (χ0n) is 14.1. The second kappa shape index (κ2) is 6.94. The third-order valence-electron chi connectivity index (χ3n) is 3.82. The molecule has 25 heavy (non-hydrogen) atoms. The van der Waals surface area contributed by atoms with Crippen molar-refractivity contribution in [3.63, 3.8) is 0 Å². The van der Waals surface area contributed by atoms with Crippen molar-refractivity contribution in [2.75, 3.05) is 5.32 Å². The van der Waals surface area contributed by atoms with Crippen LogP contribution in [-0.4, -0.2) is 15.7 Å². The average molecular weight is 378 g/mol. The molecule has 130 valence electrons. The molecule has 0 saturated carbocycles. The molecule has 0 fully saturated rings. The van der Waals surface area contributed by atoms with Gasteiger partial charge in [-0.25, -0.2) is 4.68 Å². The second-order valence-corrected chi connectivity index (χ2v) is 6.48. The first kappa shape index (κ1) is 17.6. The van der Waals surface area contributed by atoms with E-state index in [1.807, 2.05) is 19.1 Å². The molecule has 1 amide bonds. The molecular weight excluding hydrogens is 361 g/mol. The fraction of sp³-hybridized carbons (Fsp3) is 0.222. The number of hydrogen-bond donors (Lipinski definition) is 1. The Balaban J connectivity index is 1.91. The quantitative estimate of drug-likeness (QED) is 0.679. The van der Waals surface area contributed by atoms with Crippen molar-refractivity contribution in [3.8, 4) is 5.69 Å². The Bertz CT molecular complexity index is 944. The van der Waals surface area contributed by atoms with Crippen LogP contribution in [0.25, 0.3) is 5.69 Å². The number of carbonyl (C=O) groups excluding carboxylic acids is 1. The van der Waals surface area contributed by atoms with E-state index in [-0.39, 0.29) is 5.91 Å². The number of nitrogens with zero attached hydrogens (tertiary/aromatic N) is 2. The Morgan fingerprint density at radius 2 is 1.96 bits per heavy atom. The van der Waals surface area contributed by atoms with E-state index in [2.05, 4.69) is 10.4 Å². The van der Waals surface area contributed by atoms with Gasteiger partial charge in [0, 0.05) is 11.8 Å². The zero-order valence-corrected chi connectivity index (χ0v) is 15.6. The van der Waals surface area contributed by atoms with E-state index in [1.54, 1.807) is 36.7 Å². The van der Waals surface area contributed by atoms with Crippen molar-refractivity contribution >= 4 is 34.9 Å². The summed E-state index contributed by atoms with van der Waals surface area (Å²) in [7, 11) is 0. The number of rotatable bonds is 4. The third-order valence-corrected chi connectivity index (χ3v) is 4.56. The van der Waals surface area contributed by atoms with Crippen LogP contribution in [0, 0.1) is 13.8 Å². The van der Waals surface area contributed by atoms with Crippen LogP contribution in [0.2, 0.25) is 10.0 Å². The third kappa shape index (κ3) is 3.57. The van der Waals surface area contributed by atoms with Crippen LogP contribution in [0.3, 0.4) is 0 Å². The summed E-state index contributed by atoms with van der Waals surface area (Å²) in [6.07, 6.45) is 0.743.